The van der Waals surface area contributed by atoms with Gasteiger partial charge in [0, 0.05) is 32.2 Å². The summed E-state index contributed by atoms with van der Waals surface area (Å²) in [6.45, 7) is 4.05. The molecule has 0 aliphatic heterocycles. The van der Waals surface area contributed by atoms with Crippen molar-refractivity contribution in [1.29, 1.82) is 0 Å². The van der Waals surface area contributed by atoms with E-state index in [0.29, 0.717) is 17.6 Å². The van der Waals surface area contributed by atoms with Crippen LogP contribution in [0.15, 0.2) is 23.2 Å². The highest BCUT2D eigenvalue weighted by molar-refractivity contribution is 7.89. The number of aromatic nitrogens is 1. The summed E-state index contributed by atoms with van der Waals surface area (Å²) in [5.41, 5.74) is 0. The van der Waals surface area contributed by atoms with Crippen molar-refractivity contribution in [2.45, 2.75) is 24.8 Å². The maximum atomic E-state index is 11.9. The minimum Gasteiger partial charge on any atom is -0.367 e. The van der Waals surface area contributed by atoms with E-state index >= 15 is 0 Å². The molecule has 1 rings (SSSR count). The molecule has 0 radical (unpaired) electrons. The highest BCUT2D eigenvalue weighted by atomic mass is 35.5. The van der Waals surface area contributed by atoms with Gasteiger partial charge in [0.05, 0.1) is 0 Å². The molecule has 0 aliphatic carbocycles. The Morgan fingerprint density at radius 1 is 1.37 bits per heavy atom. The van der Waals surface area contributed by atoms with Crippen LogP contribution in [0.4, 0.5) is 5.82 Å². The molecule has 1 aromatic rings. The molecule has 0 saturated carbocycles. The Kier molecular flexibility index (Phi) is 5.58. The number of rotatable bonds is 6. The predicted octanol–water partition coefficient (Wildman–Crippen LogP) is 2.01. The molecule has 0 spiro atoms. The van der Waals surface area contributed by atoms with E-state index < -0.39 is 10.0 Å². The van der Waals surface area contributed by atoms with Crippen molar-refractivity contribution in [1.82, 2.24) is 9.29 Å². The highest BCUT2D eigenvalue weighted by Crippen LogP contribution is 2.16. The standard InChI is InChI=1S/C12H20ClN3O2S/c1-9(7-13)10(2)15-12-6-5-11(8-14-12)19(17,18)16(3)4/h5-6,8-10H,7H2,1-4H3,(H,14,15). The summed E-state index contributed by atoms with van der Waals surface area (Å²) in [7, 11) is -0.438. The zero-order valence-corrected chi connectivity index (χ0v) is 13.2. The molecule has 5 nitrogen and oxygen atoms in total. The normalized spacial score (nSPS) is 15.3. The number of pyridine rings is 1. The summed E-state index contributed by atoms with van der Waals surface area (Å²) in [6.07, 6.45) is 1.36. The fourth-order valence-electron chi connectivity index (χ4n) is 1.34. The number of alkyl halides is 1. The van der Waals surface area contributed by atoms with Gasteiger partial charge in [-0.15, -0.1) is 11.6 Å². The van der Waals surface area contributed by atoms with Crippen molar-refractivity contribution < 1.29 is 8.42 Å². The van der Waals surface area contributed by atoms with Crippen LogP contribution in [0.25, 0.3) is 0 Å². The maximum absolute atomic E-state index is 11.9. The SMILES string of the molecule is CC(CCl)C(C)Nc1ccc(S(=O)(=O)N(C)C)cn1. The molecule has 0 aliphatic rings. The second-order valence-corrected chi connectivity index (χ2v) is 7.19. The van der Waals surface area contributed by atoms with E-state index in [0.717, 1.165) is 4.31 Å². The summed E-state index contributed by atoms with van der Waals surface area (Å²) in [4.78, 5) is 4.31. The minimum atomic E-state index is -3.42. The van der Waals surface area contributed by atoms with Gasteiger partial charge in [-0.3, -0.25) is 0 Å². The van der Waals surface area contributed by atoms with Crippen LogP contribution in [0, 0.1) is 5.92 Å². The van der Waals surface area contributed by atoms with E-state index in [-0.39, 0.29) is 10.9 Å². The molecule has 7 heteroatoms. The Balaban J connectivity index is 2.83. The van der Waals surface area contributed by atoms with Gasteiger partial charge in [0.1, 0.15) is 10.7 Å². The zero-order chi connectivity index (χ0) is 14.6. The molecular formula is C12H20ClN3O2S. The van der Waals surface area contributed by atoms with Crippen LogP contribution in [0.2, 0.25) is 0 Å². The molecule has 19 heavy (non-hydrogen) atoms. The van der Waals surface area contributed by atoms with E-state index in [4.69, 9.17) is 11.6 Å². The average molecular weight is 306 g/mol. The van der Waals surface area contributed by atoms with Crippen molar-refractivity contribution in [3.8, 4) is 0 Å². The monoisotopic (exact) mass is 305 g/mol. The van der Waals surface area contributed by atoms with Crippen LogP contribution < -0.4 is 5.32 Å². The topological polar surface area (TPSA) is 62.3 Å². The lowest BCUT2D eigenvalue weighted by Crippen LogP contribution is -2.25. The minimum absolute atomic E-state index is 0.168. The van der Waals surface area contributed by atoms with Gasteiger partial charge in [0.2, 0.25) is 10.0 Å². The van der Waals surface area contributed by atoms with E-state index in [1.165, 1.54) is 20.3 Å². The third-order valence-electron chi connectivity index (χ3n) is 2.99. The first-order valence-corrected chi connectivity index (χ1v) is 7.97. The third kappa shape index (κ3) is 4.06. The van der Waals surface area contributed by atoms with Crippen molar-refractivity contribution in [2.75, 3.05) is 25.3 Å². The fraction of sp³-hybridized carbons (Fsp3) is 0.583. The Morgan fingerprint density at radius 2 is 2.00 bits per heavy atom. The summed E-state index contributed by atoms with van der Waals surface area (Å²) in [5.74, 6) is 1.50. The maximum Gasteiger partial charge on any atom is 0.244 e. The lowest BCUT2D eigenvalue weighted by atomic mass is 10.1. The number of hydrogen-bond donors (Lipinski definition) is 1. The van der Waals surface area contributed by atoms with E-state index in [1.54, 1.807) is 12.1 Å². The molecule has 2 unspecified atom stereocenters. The van der Waals surface area contributed by atoms with Gasteiger partial charge in [0.15, 0.2) is 0 Å². The van der Waals surface area contributed by atoms with Crippen LogP contribution in [0.3, 0.4) is 0 Å². The molecule has 0 saturated heterocycles. The van der Waals surface area contributed by atoms with Crippen LogP contribution in [0.1, 0.15) is 13.8 Å². The molecule has 1 N–H and O–H groups in total. The van der Waals surface area contributed by atoms with Gasteiger partial charge < -0.3 is 5.32 Å². The Morgan fingerprint density at radius 3 is 2.42 bits per heavy atom. The zero-order valence-electron chi connectivity index (χ0n) is 11.6. The molecule has 1 heterocycles. The van der Waals surface area contributed by atoms with Gasteiger partial charge in [-0.1, -0.05) is 6.92 Å². The van der Waals surface area contributed by atoms with Gasteiger partial charge in [-0.05, 0) is 25.0 Å². The molecule has 2 atom stereocenters. The quantitative estimate of drug-likeness (QED) is 0.817. The second-order valence-electron chi connectivity index (χ2n) is 4.73. The third-order valence-corrected chi connectivity index (χ3v) is 5.27. The molecular weight excluding hydrogens is 286 g/mol. The molecule has 1 aromatic heterocycles. The lowest BCUT2D eigenvalue weighted by molar-refractivity contribution is 0.520. The average Bonchev–Trinajstić information content (AvgIpc) is 2.38. The van der Waals surface area contributed by atoms with Crippen LogP contribution >= 0.6 is 11.6 Å². The van der Waals surface area contributed by atoms with Crippen LogP contribution in [-0.2, 0) is 10.0 Å². The number of nitrogens with one attached hydrogen (secondary N) is 1. The first-order chi connectivity index (χ1) is 8.78. The molecule has 0 fully saturated rings. The van der Waals surface area contributed by atoms with Gasteiger partial charge in [0.25, 0.3) is 0 Å². The van der Waals surface area contributed by atoms with Crippen LogP contribution in [-0.4, -0.2) is 43.7 Å². The Labute approximate surface area is 120 Å². The van der Waals surface area contributed by atoms with Crippen molar-refractivity contribution in [3.05, 3.63) is 18.3 Å². The van der Waals surface area contributed by atoms with Gasteiger partial charge >= 0.3 is 0 Å². The number of hydrogen-bond acceptors (Lipinski definition) is 4. The number of nitrogens with zero attached hydrogens (tertiary/aromatic N) is 2. The lowest BCUT2D eigenvalue weighted by Gasteiger charge is -2.19. The van der Waals surface area contributed by atoms with Gasteiger partial charge in [-0.2, -0.15) is 0 Å². The Bertz CT molecular complexity index is 502. The summed E-state index contributed by atoms with van der Waals surface area (Å²) >= 11 is 5.79. The number of sulfonamides is 1. The largest absolute Gasteiger partial charge is 0.367 e. The van der Waals surface area contributed by atoms with E-state index in [2.05, 4.69) is 10.3 Å². The molecule has 108 valence electrons. The van der Waals surface area contributed by atoms with E-state index in [1.807, 2.05) is 13.8 Å². The van der Waals surface area contributed by atoms with Gasteiger partial charge in [-0.25, -0.2) is 17.7 Å². The Hall–Kier alpha value is -0.850. The predicted molar refractivity (Wildman–Crippen MR) is 78.1 cm³/mol. The summed E-state index contributed by atoms with van der Waals surface area (Å²) < 4.78 is 24.9. The van der Waals surface area contributed by atoms with Crippen molar-refractivity contribution in [3.63, 3.8) is 0 Å². The highest BCUT2D eigenvalue weighted by Gasteiger charge is 2.18. The number of halogens is 1. The van der Waals surface area contributed by atoms with Crippen molar-refractivity contribution in [2.24, 2.45) is 5.92 Å². The summed E-state index contributed by atoms with van der Waals surface area (Å²) in [6, 6.07) is 3.37. The van der Waals surface area contributed by atoms with E-state index in [9.17, 15) is 8.42 Å². The smallest absolute Gasteiger partial charge is 0.244 e. The first-order valence-electron chi connectivity index (χ1n) is 6.00. The molecule has 0 amide bonds. The molecule has 0 aromatic carbocycles. The first kappa shape index (κ1) is 16.2. The number of anilines is 1. The van der Waals surface area contributed by atoms with Crippen LogP contribution in [0.5, 0.6) is 0 Å². The van der Waals surface area contributed by atoms with Crippen molar-refractivity contribution >= 4 is 27.4 Å². The fourth-order valence-corrected chi connectivity index (χ4v) is 2.45. The molecule has 0 bridgehead atoms. The second kappa shape index (κ2) is 6.54. The summed E-state index contributed by atoms with van der Waals surface area (Å²) in [5, 5.41) is 3.20.